The number of hydrogen-bond acceptors (Lipinski definition) is 4. The summed E-state index contributed by atoms with van der Waals surface area (Å²) >= 11 is 1.28. The third-order valence-electron chi connectivity index (χ3n) is 4.25. The first kappa shape index (κ1) is 19.1. The summed E-state index contributed by atoms with van der Waals surface area (Å²) in [6.45, 7) is 5.75. The molecule has 2 aromatic carbocycles. The van der Waals surface area contributed by atoms with Gasteiger partial charge in [-0.25, -0.2) is 4.39 Å². The Bertz CT molecular complexity index is 986. The van der Waals surface area contributed by atoms with E-state index in [1.54, 1.807) is 29.8 Å². The van der Waals surface area contributed by atoms with Gasteiger partial charge in [-0.3, -0.25) is 4.79 Å². The van der Waals surface area contributed by atoms with Crippen LogP contribution in [0.25, 0.3) is 11.4 Å². The highest BCUT2D eigenvalue weighted by Gasteiger charge is 2.21. The normalized spacial score (nSPS) is 12.0. The molecule has 0 saturated heterocycles. The molecule has 3 rings (SSSR count). The van der Waals surface area contributed by atoms with Crippen LogP contribution >= 0.6 is 11.8 Å². The van der Waals surface area contributed by atoms with Crippen LogP contribution in [0.15, 0.2) is 47.6 Å². The third-order valence-corrected chi connectivity index (χ3v) is 5.39. The Labute approximate surface area is 162 Å². The van der Waals surface area contributed by atoms with Gasteiger partial charge in [0.1, 0.15) is 5.82 Å². The molecule has 0 fully saturated rings. The standard InChI is InChI=1S/C20H21FN4OS/c1-12-9-10-13(2)17(11-12)22-19(26)14(3)27-20-24-23-18(25(20)4)15-7-5-6-8-16(15)21/h5-11,14H,1-4H3,(H,22,26)/t14-/m1/s1. The van der Waals surface area contributed by atoms with Gasteiger partial charge in [-0.1, -0.05) is 36.0 Å². The lowest BCUT2D eigenvalue weighted by molar-refractivity contribution is -0.115. The molecule has 0 bridgehead atoms. The Balaban J connectivity index is 1.75. The minimum atomic E-state index is -0.388. The van der Waals surface area contributed by atoms with Crippen molar-refractivity contribution in [3.63, 3.8) is 0 Å². The van der Waals surface area contributed by atoms with E-state index in [1.807, 2.05) is 39.0 Å². The summed E-state index contributed by atoms with van der Waals surface area (Å²) in [5.74, 6) is -0.0489. The SMILES string of the molecule is Cc1ccc(C)c(NC(=O)[C@@H](C)Sc2nnc(-c3ccccc3F)n2C)c1. The number of thioether (sulfide) groups is 1. The van der Waals surface area contributed by atoms with Gasteiger partial charge in [-0.15, -0.1) is 10.2 Å². The number of anilines is 1. The van der Waals surface area contributed by atoms with E-state index in [2.05, 4.69) is 15.5 Å². The number of carbonyl (C=O) groups is 1. The number of halogens is 1. The number of carbonyl (C=O) groups excluding carboxylic acids is 1. The molecule has 0 saturated carbocycles. The number of aromatic nitrogens is 3. The van der Waals surface area contributed by atoms with Gasteiger partial charge in [-0.2, -0.15) is 0 Å². The van der Waals surface area contributed by atoms with Crippen molar-refractivity contribution < 1.29 is 9.18 Å². The molecule has 0 aliphatic carbocycles. The van der Waals surface area contributed by atoms with Gasteiger partial charge < -0.3 is 9.88 Å². The lowest BCUT2D eigenvalue weighted by atomic mass is 10.1. The fraction of sp³-hybridized carbons (Fsp3) is 0.250. The number of nitrogens with zero attached hydrogens (tertiary/aromatic N) is 3. The van der Waals surface area contributed by atoms with Crippen LogP contribution < -0.4 is 5.32 Å². The van der Waals surface area contributed by atoms with Gasteiger partial charge >= 0.3 is 0 Å². The molecule has 1 N–H and O–H groups in total. The van der Waals surface area contributed by atoms with E-state index in [1.165, 1.54) is 17.8 Å². The summed E-state index contributed by atoms with van der Waals surface area (Å²) in [6.07, 6.45) is 0. The molecule has 140 valence electrons. The second-order valence-electron chi connectivity index (χ2n) is 6.41. The number of rotatable bonds is 5. The molecule has 5 nitrogen and oxygen atoms in total. The monoisotopic (exact) mass is 384 g/mol. The van der Waals surface area contributed by atoms with Crippen molar-refractivity contribution in [1.29, 1.82) is 0 Å². The molecule has 0 unspecified atom stereocenters. The minimum absolute atomic E-state index is 0.121. The second kappa shape index (κ2) is 7.92. The van der Waals surface area contributed by atoms with Gasteiger partial charge in [-0.05, 0) is 50.1 Å². The van der Waals surface area contributed by atoms with Gasteiger partial charge in [0.25, 0.3) is 0 Å². The van der Waals surface area contributed by atoms with Crippen molar-refractivity contribution in [2.45, 2.75) is 31.2 Å². The van der Waals surface area contributed by atoms with Gasteiger partial charge in [0.05, 0.1) is 10.8 Å². The number of aryl methyl sites for hydroxylation is 2. The highest BCUT2D eigenvalue weighted by Crippen LogP contribution is 2.28. The maximum Gasteiger partial charge on any atom is 0.237 e. The molecule has 1 amide bonds. The van der Waals surface area contributed by atoms with Gasteiger partial charge in [0, 0.05) is 12.7 Å². The van der Waals surface area contributed by atoms with Crippen LogP contribution in [0, 0.1) is 19.7 Å². The molecular formula is C20H21FN4OS. The van der Waals surface area contributed by atoms with Gasteiger partial charge in [0.2, 0.25) is 5.91 Å². The first-order valence-corrected chi connectivity index (χ1v) is 9.44. The summed E-state index contributed by atoms with van der Waals surface area (Å²) in [4.78, 5) is 12.6. The van der Waals surface area contributed by atoms with E-state index in [0.29, 0.717) is 16.5 Å². The molecule has 0 aliphatic rings. The summed E-state index contributed by atoms with van der Waals surface area (Å²) in [7, 11) is 1.76. The Hall–Kier alpha value is -2.67. The lowest BCUT2D eigenvalue weighted by Crippen LogP contribution is -2.23. The van der Waals surface area contributed by atoms with E-state index < -0.39 is 0 Å². The molecule has 1 aromatic heterocycles. The van der Waals surface area contributed by atoms with Crippen LogP contribution in [-0.2, 0) is 11.8 Å². The zero-order valence-electron chi connectivity index (χ0n) is 15.7. The van der Waals surface area contributed by atoms with E-state index >= 15 is 0 Å². The summed E-state index contributed by atoms with van der Waals surface area (Å²) in [5, 5.41) is 11.3. The van der Waals surface area contributed by atoms with Crippen molar-refractivity contribution in [2.75, 3.05) is 5.32 Å². The lowest BCUT2D eigenvalue weighted by Gasteiger charge is -2.14. The number of nitrogens with one attached hydrogen (secondary N) is 1. The predicted molar refractivity (Wildman–Crippen MR) is 106 cm³/mol. The molecule has 27 heavy (non-hydrogen) atoms. The molecule has 7 heteroatoms. The minimum Gasteiger partial charge on any atom is -0.325 e. The topological polar surface area (TPSA) is 59.8 Å². The average molecular weight is 384 g/mol. The molecule has 0 aliphatic heterocycles. The predicted octanol–water partition coefficient (Wildman–Crippen LogP) is 4.36. The summed E-state index contributed by atoms with van der Waals surface area (Å²) in [6, 6.07) is 12.4. The van der Waals surface area contributed by atoms with E-state index in [4.69, 9.17) is 0 Å². The smallest absolute Gasteiger partial charge is 0.237 e. The maximum atomic E-state index is 14.0. The number of benzene rings is 2. The Morgan fingerprint density at radius 1 is 1.19 bits per heavy atom. The fourth-order valence-corrected chi connectivity index (χ4v) is 3.43. The number of amides is 1. The van der Waals surface area contributed by atoms with E-state index in [-0.39, 0.29) is 17.0 Å². The van der Waals surface area contributed by atoms with Crippen molar-refractivity contribution in [3.8, 4) is 11.4 Å². The molecule has 0 spiro atoms. The van der Waals surface area contributed by atoms with E-state index in [0.717, 1.165) is 16.8 Å². The fourth-order valence-electron chi connectivity index (χ4n) is 2.61. The Morgan fingerprint density at radius 3 is 2.67 bits per heavy atom. The second-order valence-corrected chi connectivity index (χ2v) is 7.72. The zero-order chi connectivity index (χ0) is 19.6. The van der Waals surface area contributed by atoms with Crippen LogP contribution in [0.1, 0.15) is 18.1 Å². The average Bonchev–Trinajstić information content (AvgIpc) is 2.99. The summed E-state index contributed by atoms with van der Waals surface area (Å²) in [5.41, 5.74) is 3.27. The highest BCUT2D eigenvalue weighted by molar-refractivity contribution is 8.00. The highest BCUT2D eigenvalue weighted by atomic mass is 32.2. The van der Waals surface area contributed by atoms with E-state index in [9.17, 15) is 9.18 Å². The van der Waals surface area contributed by atoms with Crippen LogP contribution in [0.2, 0.25) is 0 Å². The molecule has 1 atom stereocenters. The molecule has 3 aromatic rings. The molecule has 1 heterocycles. The largest absolute Gasteiger partial charge is 0.325 e. The van der Waals surface area contributed by atoms with Crippen molar-refractivity contribution >= 4 is 23.4 Å². The number of hydrogen-bond donors (Lipinski definition) is 1. The van der Waals surface area contributed by atoms with Gasteiger partial charge in [0.15, 0.2) is 11.0 Å². The molecule has 0 radical (unpaired) electrons. The van der Waals surface area contributed by atoms with Crippen LogP contribution in [0.5, 0.6) is 0 Å². The van der Waals surface area contributed by atoms with Crippen molar-refractivity contribution in [1.82, 2.24) is 14.8 Å². The van der Waals surface area contributed by atoms with Crippen molar-refractivity contribution in [2.24, 2.45) is 7.05 Å². The molecular weight excluding hydrogens is 363 g/mol. The zero-order valence-corrected chi connectivity index (χ0v) is 16.5. The van der Waals surface area contributed by atoms with Crippen LogP contribution in [0.4, 0.5) is 10.1 Å². The maximum absolute atomic E-state index is 14.0. The first-order chi connectivity index (χ1) is 12.9. The first-order valence-electron chi connectivity index (χ1n) is 8.56. The third kappa shape index (κ3) is 4.19. The Morgan fingerprint density at radius 2 is 1.93 bits per heavy atom. The summed E-state index contributed by atoms with van der Waals surface area (Å²) < 4.78 is 15.7. The van der Waals surface area contributed by atoms with Crippen LogP contribution in [-0.4, -0.2) is 25.9 Å². The van der Waals surface area contributed by atoms with Crippen LogP contribution in [0.3, 0.4) is 0 Å². The van der Waals surface area contributed by atoms with Crippen molar-refractivity contribution in [3.05, 3.63) is 59.4 Å². The quantitative estimate of drug-likeness (QED) is 0.664. The Kier molecular flexibility index (Phi) is 5.60.